The van der Waals surface area contributed by atoms with Gasteiger partial charge in [0.25, 0.3) is 5.56 Å². The minimum Gasteiger partial charge on any atom is -0.363 e. The lowest BCUT2D eigenvalue weighted by molar-refractivity contribution is -0.120. The van der Waals surface area contributed by atoms with E-state index in [4.69, 9.17) is 11.6 Å². The Hall–Kier alpha value is -3.06. The third-order valence-electron chi connectivity index (χ3n) is 4.34. The van der Waals surface area contributed by atoms with Gasteiger partial charge in [0.05, 0.1) is 18.2 Å². The summed E-state index contributed by atoms with van der Waals surface area (Å²) in [5.41, 5.74) is 8.19. The van der Waals surface area contributed by atoms with Gasteiger partial charge in [0.1, 0.15) is 5.82 Å². The third-order valence-corrected chi connectivity index (χ3v) is 4.58. The zero-order chi connectivity index (χ0) is 18.3. The Bertz CT molecular complexity index is 1080. The minimum absolute atomic E-state index is 0.102. The van der Waals surface area contributed by atoms with Crippen molar-refractivity contribution >= 4 is 39.9 Å². The second kappa shape index (κ2) is 6.34. The van der Waals surface area contributed by atoms with Crippen molar-refractivity contribution in [3.05, 3.63) is 63.0 Å². The van der Waals surface area contributed by atoms with E-state index in [0.29, 0.717) is 16.4 Å². The van der Waals surface area contributed by atoms with E-state index in [9.17, 15) is 9.59 Å². The molecule has 26 heavy (non-hydrogen) atoms. The van der Waals surface area contributed by atoms with Gasteiger partial charge in [-0.2, -0.15) is 0 Å². The summed E-state index contributed by atoms with van der Waals surface area (Å²) in [6, 6.07) is 8.69. The number of pyridine rings is 2. The van der Waals surface area contributed by atoms with Crippen LogP contribution in [0, 0.1) is 0 Å². The fourth-order valence-electron chi connectivity index (χ4n) is 2.99. The molecule has 3 aromatic rings. The Labute approximate surface area is 153 Å². The fourth-order valence-corrected chi connectivity index (χ4v) is 3.17. The molecule has 0 unspecified atom stereocenters. The quantitative estimate of drug-likeness (QED) is 0.569. The maximum absolute atomic E-state index is 12.4. The normalized spacial score (nSPS) is 14.3. The number of rotatable bonds is 3. The van der Waals surface area contributed by atoms with Gasteiger partial charge in [-0.05, 0) is 31.2 Å². The molecule has 3 heterocycles. The van der Waals surface area contributed by atoms with Crippen LogP contribution in [0.15, 0.2) is 41.3 Å². The van der Waals surface area contributed by atoms with Crippen molar-refractivity contribution in [1.82, 2.24) is 15.4 Å². The number of nitrogens with one attached hydrogen (secondary N) is 4. The number of carbonyl (C=O) groups is 1. The summed E-state index contributed by atoms with van der Waals surface area (Å²) in [6.45, 7) is 1.89. The number of hydrogen-bond donors (Lipinski definition) is 4. The molecular formula is C18H16ClN5O2. The van der Waals surface area contributed by atoms with Crippen LogP contribution >= 0.6 is 11.6 Å². The smallest absolute Gasteiger partial charge is 0.253 e. The van der Waals surface area contributed by atoms with E-state index < -0.39 is 0 Å². The summed E-state index contributed by atoms with van der Waals surface area (Å²) >= 11 is 6.04. The lowest BCUT2D eigenvalue weighted by atomic mass is 10.1. The molecule has 1 atom stereocenters. The standard InChI is InChI=1S/C18H16ClN5O2/c1-9(13-5-10-4-12(19)2-3-14(10)22-18(13)26)21-16-7-15-11(8-20-16)6-17(25)24-23-15/h2-5,7-9,23H,6H2,1H3,(H,20,21)(H,22,26)(H,24,25)/t9-/m0/s1. The first kappa shape index (κ1) is 16.4. The first-order chi connectivity index (χ1) is 12.5. The van der Waals surface area contributed by atoms with Gasteiger partial charge >= 0.3 is 0 Å². The fraction of sp³-hybridized carbons (Fsp3) is 0.167. The van der Waals surface area contributed by atoms with Gasteiger partial charge in [0.2, 0.25) is 5.91 Å². The van der Waals surface area contributed by atoms with Gasteiger partial charge < -0.3 is 10.3 Å². The third kappa shape index (κ3) is 3.09. The van der Waals surface area contributed by atoms with Crippen LogP contribution in [0.2, 0.25) is 5.02 Å². The summed E-state index contributed by atoms with van der Waals surface area (Å²) in [4.78, 5) is 31.0. The molecule has 1 amide bonds. The number of halogens is 1. The van der Waals surface area contributed by atoms with Crippen LogP contribution in [-0.2, 0) is 11.2 Å². The zero-order valence-electron chi connectivity index (χ0n) is 13.9. The Morgan fingerprint density at radius 2 is 2.04 bits per heavy atom. The second-order valence-electron chi connectivity index (χ2n) is 6.23. The first-order valence-electron chi connectivity index (χ1n) is 8.12. The first-order valence-corrected chi connectivity index (χ1v) is 8.50. The van der Waals surface area contributed by atoms with E-state index in [1.807, 2.05) is 19.1 Å². The number of fused-ring (bicyclic) bond motifs is 2. The van der Waals surface area contributed by atoms with Crippen molar-refractivity contribution in [3.63, 3.8) is 0 Å². The molecule has 0 saturated heterocycles. The molecule has 1 aliphatic rings. The highest BCUT2D eigenvalue weighted by molar-refractivity contribution is 6.31. The maximum Gasteiger partial charge on any atom is 0.253 e. The van der Waals surface area contributed by atoms with Crippen LogP contribution in [0.25, 0.3) is 10.9 Å². The topological polar surface area (TPSA) is 98.9 Å². The molecule has 7 nitrogen and oxygen atoms in total. The molecule has 0 aliphatic carbocycles. The zero-order valence-corrected chi connectivity index (χ0v) is 14.6. The molecule has 0 radical (unpaired) electrons. The Morgan fingerprint density at radius 1 is 1.19 bits per heavy atom. The average Bonchev–Trinajstić information content (AvgIpc) is 2.61. The molecule has 0 fully saturated rings. The van der Waals surface area contributed by atoms with Crippen molar-refractivity contribution in [2.45, 2.75) is 19.4 Å². The van der Waals surface area contributed by atoms with Crippen LogP contribution in [0.5, 0.6) is 0 Å². The summed E-state index contributed by atoms with van der Waals surface area (Å²) in [5.74, 6) is 0.500. The van der Waals surface area contributed by atoms with Crippen LogP contribution in [-0.4, -0.2) is 15.9 Å². The van der Waals surface area contributed by atoms with Gasteiger partial charge in [0, 0.05) is 39.3 Å². The number of aromatic nitrogens is 2. The predicted octanol–water partition coefficient (Wildman–Crippen LogP) is 2.75. The number of amides is 1. The molecule has 0 spiro atoms. The largest absolute Gasteiger partial charge is 0.363 e. The van der Waals surface area contributed by atoms with Crippen molar-refractivity contribution in [3.8, 4) is 0 Å². The summed E-state index contributed by atoms with van der Waals surface area (Å²) in [5, 5.41) is 4.70. The SMILES string of the molecule is C[C@H](Nc1cc2c(cn1)CC(=O)NN2)c1cc2cc(Cl)ccc2[nH]c1=O. The number of carbonyl (C=O) groups excluding carboxylic acids is 1. The summed E-state index contributed by atoms with van der Waals surface area (Å²) < 4.78 is 0. The molecule has 132 valence electrons. The molecule has 1 aromatic carbocycles. The number of nitrogens with zero attached hydrogens (tertiary/aromatic N) is 1. The van der Waals surface area contributed by atoms with E-state index in [2.05, 4.69) is 26.1 Å². The highest BCUT2D eigenvalue weighted by atomic mass is 35.5. The Morgan fingerprint density at radius 3 is 2.88 bits per heavy atom. The number of H-pyrrole nitrogens is 1. The monoisotopic (exact) mass is 369 g/mol. The highest BCUT2D eigenvalue weighted by Gasteiger charge is 2.17. The minimum atomic E-state index is -0.272. The number of hydrogen-bond acceptors (Lipinski definition) is 5. The van der Waals surface area contributed by atoms with Crippen molar-refractivity contribution in [2.24, 2.45) is 0 Å². The van der Waals surface area contributed by atoms with E-state index in [1.165, 1.54) is 0 Å². The Balaban J connectivity index is 1.63. The van der Waals surface area contributed by atoms with E-state index in [-0.39, 0.29) is 23.9 Å². The lowest BCUT2D eigenvalue weighted by Crippen LogP contribution is -2.35. The molecule has 8 heteroatoms. The molecule has 4 rings (SSSR count). The number of hydrazine groups is 1. The van der Waals surface area contributed by atoms with Gasteiger partial charge in [-0.15, -0.1) is 0 Å². The van der Waals surface area contributed by atoms with Gasteiger partial charge in [-0.1, -0.05) is 11.6 Å². The van der Waals surface area contributed by atoms with Crippen LogP contribution in [0.3, 0.4) is 0 Å². The van der Waals surface area contributed by atoms with E-state index in [1.54, 1.807) is 24.4 Å². The molecule has 4 N–H and O–H groups in total. The molecular weight excluding hydrogens is 354 g/mol. The van der Waals surface area contributed by atoms with Crippen molar-refractivity contribution in [1.29, 1.82) is 0 Å². The molecule has 1 aliphatic heterocycles. The average molecular weight is 370 g/mol. The molecule has 0 bridgehead atoms. The highest BCUT2D eigenvalue weighted by Crippen LogP contribution is 2.24. The maximum atomic E-state index is 12.4. The number of anilines is 2. The number of aromatic amines is 1. The van der Waals surface area contributed by atoms with Crippen LogP contribution in [0.1, 0.15) is 24.1 Å². The Kier molecular flexibility index (Phi) is 4.00. The van der Waals surface area contributed by atoms with Crippen LogP contribution in [0.4, 0.5) is 11.5 Å². The summed E-state index contributed by atoms with van der Waals surface area (Å²) in [7, 11) is 0. The van der Waals surface area contributed by atoms with Gasteiger partial charge in [-0.3, -0.25) is 20.4 Å². The van der Waals surface area contributed by atoms with E-state index >= 15 is 0 Å². The van der Waals surface area contributed by atoms with Gasteiger partial charge in [-0.25, -0.2) is 4.98 Å². The second-order valence-corrected chi connectivity index (χ2v) is 6.66. The van der Waals surface area contributed by atoms with Crippen LogP contribution < -0.4 is 21.7 Å². The van der Waals surface area contributed by atoms with Crippen molar-refractivity contribution < 1.29 is 4.79 Å². The molecule has 0 saturated carbocycles. The van der Waals surface area contributed by atoms with Gasteiger partial charge in [0.15, 0.2) is 0 Å². The predicted molar refractivity (Wildman–Crippen MR) is 101 cm³/mol. The lowest BCUT2D eigenvalue weighted by Gasteiger charge is -2.20. The van der Waals surface area contributed by atoms with E-state index in [0.717, 1.165) is 22.2 Å². The number of benzene rings is 1. The van der Waals surface area contributed by atoms with Crippen molar-refractivity contribution in [2.75, 3.05) is 10.7 Å². The summed E-state index contributed by atoms with van der Waals surface area (Å²) in [6.07, 6.45) is 1.94. The molecule has 2 aromatic heterocycles.